The second kappa shape index (κ2) is 8.09. The lowest BCUT2D eigenvalue weighted by Crippen LogP contribution is -2.51. The van der Waals surface area contributed by atoms with Gasteiger partial charge in [-0.05, 0) is 13.8 Å². The molecule has 0 saturated carbocycles. The SMILES string of the molecule is CC(C)N(N)NN.Cl.O. The molecule has 0 aliphatic heterocycles. The summed E-state index contributed by atoms with van der Waals surface area (Å²) in [5.74, 6) is 10.1. The minimum absolute atomic E-state index is 0. The lowest BCUT2D eigenvalue weighted by atomic mass is 10.4. The summed E-state index contributed by atoms with van der Waals surface area (Å²) in [6, 6.07) is 0.241. The molecule has 0 atom stereocenters. The van der Waals surface area contributed by atoms with Gasteiger partial charge in [-0.1, -0.05) is 0 Å². The average Bonchev–Trinajstić information content (AvgIpc) is 1.65. The monoisotopic (exact) mass is 158 g/mol. The molecule has 0 amide bonds. The maximum atomic E-state index is 5.21. The highest BCUT2D eigenvalue weighted by Crippen LogP contribution is 1.79. The van der Waals surface area contributed by atoms with Crippen LogP contribution in [0.25, 0.3) is 0 Å². The molecule has 0 aromatic heterocycles. The van der Waals surface area contributed by atoms with E-state index >= 15 is 0 Å². The molecule has 0 aromatic rings. The summed E-state index contributed by atoms with van der Waals surface area (Å²) in [6.07, 6.45) is 0. The van der Waals surface area contributed by atoms with Gasteiger partial charge in [-0.25, -0.2) is 0 Å². The van der Waals surface area contributed by atoms with Crippen molar-refractivity contribution in [3.63, 3.8) is 0 Å². The number of nitrogens with one attached hydrogen (secondary N) is 1. The number of hydrogen-bond donors (Lipinski definition) is 3. The second-order valence-corrected chi connectivity index (χ2v) is 1.63. The van der Waals surface area contributed by atoms with Crippen molar-refractivity contribution >= 4 is 12.4 Å². The van der Waals surface area contributed by atoms with Crippen LogP contribution in [0.15, 0.2) is 0 Å². The number of rotatable bonds is 2. The Morgan fingerprint density at radius 3 is 1.78 bits per heavy atom. The molecule has 0 unspecified atom stereocenters. The van der Waals surface area contributed by atoms with E-state index in [1.54, 1.807) is 0 Å². The zero-order valence-corrected chi connectivity index (χ0v) is 6.40. The van der Waals surface area contributed by atoms with Crippen LogP contribution in [0.3, 0.4) is 0 Å². The van der Waals surface area contributed by atoms with E-state index in [0.717, 1.165) is 0 Å². The van der Waals surface area contributed by atoms with E-state index in [4.69, 9.17) is 11.7 Å². The van der Waals surface area contributed by atoms with Gasteiger partial charge in [0, 0.05) is 6.04 Å². The minimum Gasteiger partial charge on any atom is -0.412 e. The largest absolute Gasteiger partial charge is 0.412 e. The average molecular weight is 159 g/mol. The molecule has 60 valence electrons. The van der Waals surface area contributed by atoms with Crippen LogP contribution < -0.4 is 17.2 Å². The quantitative estimate of drug-likeness (QED) is 0.338. The first-order valence-corrected chi connectivity index (χ1v) is 2.18. The van der Waals surface area contributed by atoms with Gasteiger partial charge in [0.05, 0.1) is 0 Å². The Morgan fingerprint density at radius 2 is 1.78 bits per heavy atom. The summed E-state index contributed by atoms with van der Waals surface area (Å²) in [5.41, 5.74) is 2.28. The molecule has 0 aliphatic rings. The van der Waals surface area contributed by atoms with Crippen molar-refractivity contribution < 1.29 is 5.48 Å². The van der Waals surface area contributed by atoms with Crippen molar-refractivity contribution in [2.45, 2.75) is 19.9 Å². The van der Waals surface area contributed by atoms with Gasteiger partial charge in [-0.15, -0.1) is 12.4 Å². The third-order valence-corrected chi connectivity index (χ3v) is 0.705. The van der Waals surface area contributed by atoms with Crippen molar-refractivity contribution in [3.05, 3.63) is 0 Å². The molecular weight excluding hydrogens is 144 g/mol. The second-order valence-electron chi connectivity index (χ2n) is 1.63. The predicted octanol–water partition coefficient (Wildman–Crippen LogP) is -1.45. The molecule has 0 rings (SSSR count). The van der Waals surface area contributed by atoms with Crippen LogP contribution in [0.2, 0.25) is 0 Å². The molecule has 0 saturated heterocycles. The van der Waals surface area contributed by atoms with Gasteiger partial charge in [0.25, 0.3) is 0 Å². The number of hydrogen-bond acceptors (Lipinski definition) is 4. The molecule has 0 aliphatic carbocycles. The summed E-state index contributed by atoms with van der Waals surface area (Å²) in [7, 11) is 0. The fourth-order valence-electron chi connectivity index (χ4n) is 0.149. The molecule has 5 nitrogen and oxygen atoms in total. The smallest absolute Gasteiger partial charge is 0.0354 e. The summed E-state index contributed by atoms with van der Waals surface area (Å²) in [4.78, 5) is 0. The van der Waals surface area contributed by atoms with Crippen LogP contribution in [-0.4, -0.2) is 16.6 Å². The highest BCUT2D eigenvalue weighted by Gasteiger charge is 1.96. The fraction of sp³-hybridized carbons (Fsp3) is 1.00. The number of hydrazine groups is 3. The molecule has 0 fully saturated rings. The summed E-state index contributed by atoms with van der Waals surface area (Å²) in [6.45, 7) is 3.86. The maximum Gasteiger partial charge on any atom is 0.0354 e. The van der Waals surface area contributed by atoms with E-state index in [2.05, 4.69) is 5.53 Å². The van der Waals surface area contributed by atoms with Gasteiger partial charge in [-0.3, -0.25) is 11.7 Å². The van der Waals surface area contributed by atoms with Crippen molar-refractivity contribution in [3.8, 4) is 0 Å². The third kappa shape index (κ3) is 8.09. The van der Waals surface area contributed by atoms with E-state index in [0.29, 0.717) is 0 Å². The lowest BCUT2D eigenvalue weighted by Gasteiger charge is -2.17. The minimum atomic E-state index is 0. The molecule has 6 heteroatoms. The summed E-state index contributed by atoms with van der Waals surface area (Å²) < 4.78 is 0. The molecule has 9 heavy (non-hydrogen) atoms. The van der Waals surface area contributed by atoms with Gasteiger partial charge in [0.1, 0.15) is 0 Å². The van der Waals surface area contributed by atoms with E-state index < -0.39 is 0 Å². The van der Waals surface area contributed by atoms with Crippen molar-refractivity contribution in [2.24, 2.45) is 11.7 Å². The molecule has 0 bridgehead atoms. The van der Waals surface area contributed by atoms with Gasteiger partial charge < -0.3 is 5.48 Å². The molecule has 0 aromatic carbocycles. The molecule has 0 heterocycles. The first-order valence-electron chi connectivity index (χ1n) is 2.18. The van der Waals surface area contributed by atoms with E-state index in [1.165, 1.54) is 5.12 Å². The fourth-order valence-corrected chi connectivity index (χ4v) is 0.149. The molecule has 0 spiro atoms. The Morgan fingerprint density at radius 1 is 1.44 bits per heavy atom. The van der Waals surface area contributed by atoms with E-state index in [1.807, 2.05) is 13.8 Å². The lowest BCUT2D eigenvalue weighted by molar-refractivity contribution is 0.148. The first kappa shape index (κ1) is 16.0. The Kier molecular flexibility index (Phi) is 14.4. The first-order chi connectivity index (χ1) is 3.18. The van der Waals surface area contributed by atoms with Gasteiger partial charge >= 0.3 is 0 Å². The standard InChI is InChI=1S/C3H12N4.ClH.H2O/c1-3(2)7(5)6-4;;/h3,6H,4-5H2,1-2H3;1H;1H2. The highest BCUT2D eigenvalue weighted by molar-refractivity contribution is 5.85. The van der Waals surface area contributed by atoms with Crippen LogP contribution >= 0.6 is 12.4 Å². The molecular formula is C3H15ClN4O. The zero-order chi connectivity index (χ0) is 5.86. The van der Waals surface area contributed by atoms with Gasteiger partial charge in [-0.2, -0.15) is 10.7 Å². The van der Waals surface area contributed by atoms with Crippen molar-refractivity contribution in [1.29, 1.82) is 0 Å². The summed E-state index contributed by atoms with van der Waals surface area (Å²) in [5, 5.41) is 1.32. The Hall–Kier alpha value is 0.0900. The van der Waals surface area contributed by atoms with Crippen molar-refractivity contribution in [2.75, 3.05) is 0 Å². The Labute approximate surface area is 61.0 Å². The van der Waals surface area contributed by atoms with Crippen LogP contribution in [0, 0.1) is 0 Å². The van der Waals surface area contributed by atoms with Crippen LogP contribution in [-0.2, 0) is 0 Å². The Bertz CT molecular complexity index is 53.1. The zero-order valence-electron chi connectivity index (χ0n) is 5.59. The third-order valence-electron chi connectivity index (χ3n) is 0.705. The van der Waals surface area contributed by atoms with Gasteiger partial charge in [0.15, 0.2) is 0 Å². The van der Waals surface area contributed by atoms with Crippen LogP contribution in [0.1, 0.15) is 13.8 Å². The predicted molar refractivity (Wildman–Crippen MR) is 39.3 cm³/mol. The normalized spacial score (nSPS) is 8.67. The summed E-state index contributed by atoms with van der Waals surface area (Å²) >= 11 is 0. The van der Waals surface area contributed by atoms with Crippen molar-refractivity contribution in [1.82, 2.24) is 10.7 Å². The molecule has 7 N–H and O–H groups in total. The number of nitrogens with two attached hydrogens (primary N) is 2. The van der Waals surface area contributed by atoms with Crippen LogP contribution in [0.4, 0.5) is 0 Å². The maximum absolute atomic E-state index is 5.21. The van der Waals surface area contributed by atoms with Gasteiger partial charge in [0.2, 0.25) is 0 Å². The highest BCUT2D eigenvalue weighted by atomic mass is 35.5. The van der Waals surface area contributed by atoms with E-state index in [-0.39, 0.29) is 23.9 Å². The van der Waals surface area contributed by atoms with E-state index in [9.17, 15) is 0 Å². The topological polar surface area (TPSA) is 98.8 Å². The number of nitrogens with zero attached hydrogens (tertiary/aromatic N) is 1. The van der Waals surface area contributed by atoms with Crippen LogP contribution in [0.5, 0.6) is 0 Å². The Balaban J connectivity index is -0.000000180. The number of halogens is 1. The molecule has 0 radical (unpaired) electrons.